The van der Waals surface area contributed by atoms with Gasteiger partial charge in [0.25, 0.3) is 0 Å². The minimum atomic E-state index is -0.840. The van der Waals surface area contributed by atoms with Gasteiger partial charge >= 0.3 is 17.9 Å². The number of phenols is 1. The van der Waals surface area contributed by atoms with Crippen LogP contribution >= 0.6 is 0 Å². The number of benzene rings is 3. The van der Waals surface area contributed by atoms with E-state index in [1.54, 1.807) is 81.4 Å². The number of hydrogen-bond donors (Lipinski definition) is 2. The predicted octanol–water partition coefficient (Wildman–Crippen LogP) is 5.53. The molecule has 0 aromatic heterocycles. The topological polar surface area (TPSA) is 129 Å². The van der Waals surface area contributed by atoms with Crippen molar-refractivity contribution >= 4 is 17.9 Å². The molecule has 232 valence electrons. The summed E-state index contributed by atoms with van der Waals surface area (Å²) in [6, 6.07) is 20.6. The number of methoxy groups -OCH3 is 2. The number of terminal acetylenes is 2. The Bertz CT molecular complexity index is 1400. The van der Waals surface area contributed by atoms with Gasteiger partial charge in [0.15, 0.2) is 0 Å². The highest BCUT2D eigenvalue weighted by Gasteiger charge is 2.16. The summed E-state index contributed by atoms with van der Waals surface area (Å²) in [5, 5.41) is 17.8. The van der Waals surface area contributed by atoms with E-state index in [-0.39, 0.29) is 42.7 Å². The van der Waals surface area contributed by atoms with Gasteiger partial charge in [0, 0.05) is 0 Å². The number of hydrogen-bond acceptors (Lipinski definition) is 8. The van der Waals surface area contributed by atoms with Crippen molar-refractivity contribution in [3.05, 3.63) is 89.5 Å². The molecule has 44 heavy (non-hydrogen) atoms. The highest BCUT2D eigenvalue weighted by molar-refractivity contribution is 5.78. The summed E-state index contributed by atoms with van der Waals surface area (Å²) < 4.78 is 19.7. The van der Waals surface area contributed by atoms with E-state index in [4.69, 9.17) is 32.5 Å². The third kappa shape index (κ3) is 12.6. The standard InChI is InChI=1S/C13H14O3.C12H12O3.C10H12O3/c1-4-9-16-12-7-5-11(6-8-12)10(2)13(14)15-3;1-3-8-15-11-6-4-10(5-7-11)9(2)12(13)14;1-7(10(12)13-2)8-3-5-9(11)6-4-8/h1,5-8,10H,9H2,2-3H3;1,4-7,9H,8H2,2H3,(H,13,14);3-7,11H,1-2H3/t10-;9-;7-/m000/s1. The molecule has 9 nitrogen and oxygen atoms in total. The Balaban J connectivity index is 0.000000332. The highest BCUT2D eigenvalue weighted by Crippen LogP contribution is 2.21. The van der Waals surface area contributed by atoms with Crippen LogP contribution in [0.25, 0.3) is 0 Å². The number of phenolic OH excluding ortho intramolecular Hbond substituents is 1. The fraction of sp³-hybridized carbons (Fsp3) is 0.286. The molecule has 0 unspecified atom stereocenters. The molecule has 3 atom stereocenters. The molecule has 0 saturated heterocycles. The van der Waals surface area contributed by atoms with E-state index in [1.165, 1.54) is 14.2 Å². The van der Waals surface area contributed by atoms with Crippen molar-refractivity contribution < 1.29 is 43.5 Å². The Labute approximate surface area is 258 Å². The van der Waals surface area contributed by atoms with Crippen molar-refractivity contribution in [1.82, 2.24) is 0 Å². The van der Waals surface area contributed by atoms with Gasteiger partial charge in [-0.1, -0.05) is 48.2 Å². The SMILES string of the molecule is C#CCOc1ccc([C@H](C)C(=O)O)cc1.C#CCOc1ccc([C@H](C)C(=O)OC)cc1.COC(=O)[C@@H](C)c1ccc(O)cc1. The van der Waals surface area contributed by atoms with Crippen LogP contribution in [0.2, 0.25) is 0 Å². The molecule has 0 heterocycles. The number of carboxylic acids is 1. The molecule has 2 N–H and O–H groups in total. The van der Waals surface area contributed by atoms with E-state index in [1.807, 2.05) is 12.1 Å². The summed E-state index contributed by atoms with van der Waals surface area (Å²) >= 11 is 0. The number of rotatable bonds is 10. The third-order valence-electron chi connectivity index (χ3n) is 6.28. The van der Waals surface area contributed by atoms with Gasteiger partial charge in [-0.05, 0) is 73.9 Å². The van der Waals surface area contributed by atoms with Crippen molar-refractivity contribution in [3.8, 4) is 41.9 Å². The summed E-state index contributed by atoms with van der Waals surface area (Å²) in [6.45, 7) is 5.65. The Morgan fingerprint density at radius 3 is 1.25 bits per heavy atom. The van der Waals surface area contributed by atoms with Crippen molar-refractivity contribution in [1.29, 1.82) is 0 Å². The maximum atomic E-state index is 11.3. The van der Waals surface area contributed by atoms with Crippen LogP contribution in [0.1, 0.15) is 55.2 Å². The summed E-state index contributed by atoms with van der Waals surface area (Å²) in [4.78, 5) is 33.1. The average Bonchev–Trinajstić information content (AvgIpc) is 3.06. The van der Waals surface area contributed by atoms with Gasteiger partial charge in [-0.25, -0.2) is 0 Å². The Hall–Kier alpha value is -5.41. The van der Waals surface area contributed by atoms with Crippen LogP contribution < -0.4 is 9.47 Å². The Morgan fingerprint density at radius 2 is 0.955 bits per heavy atom. The minimum Gasteiger partial charge on any atom is -0.508 e. The number of carbonyl (C=O) groups excluding carboxylic acids is 2. The lowest BCUT2D eigenvalue weighted by Gasteiger charge is -2.10. The Morgan fingerprint density at radius 1 is 0.636 bits per heavy atom. The van der Waals surface area contributed by atoms with Gasteiger partial charge in [0.05, 0.1) is 32.0 Å². The minimum absolute atomic E-state index is 0.195. The van der Waals surface area contributed by atoms with Crippen molar-refractivity contribution in [2.45, 2.75) is 38.5 Å². The molecule has 0 spiro atoms. The smallest absolute Gasteiger partial charge is 0.312 e. The van der Waals surface area contributed by atoms with Crippen LogP contribution in [0.5, 0.6) is 17.2 Å². The van der Waals surface area contributed by atoms with E-state index in [2.05, 4.69) is 21.3 Å². The number of carboxylic acid groups (broad SMARTS) is 1. The lowest BCUT2D eigenvalue weighted by molar-refractivity contribution is -0.142. The van der Waals surface area contributed by atoms with Crippen molar-refractivity contribution in [3.63, 3.8) is 0 Å². The maximum Gasteiger partial charge on any atom is 0.312 e. The van der Waals surface area contributed by atoms with Crippen LogP contribution in [0, 0.1) is 24.7 Å². The van der Waals surface area contributed by atoms with Crippen LogP contribution in [-0.2, 0) is 23.9 Å². The van der Waals surface area contributed by atoms with Crippen LogP contribution in [0.15, 0.2) is 72.8 Å². The van der Waals surface area contributed by atoms with Crippen molar-refractivity contribution in [2.24, 2.45) is 0 Å². The first-order valence-corrected chi connectivity index (χ1v) is 13.5. The fourth-order valence-electron chi connectivity index (χ4n) is 3.49. The second kappa shape index (κ2) is 19.7. The van der Waals surface area contributed by atoms with Gasteiger partial charge < -0.3 is 29.2 Å². The summed E-state index contributed by atoms with van der Waals surface area (Å²) in [6.07, 6.45) is 10.1. The van der Waals surface area contributed by atoms with E-state index in [9.17, 15) is 14.4 Å². The van der Waals surface area contributed by atoms with E-state index in [0.717, 1.165) is 16.7 Å². The highest BCUT2D eigenvalue weighted by atomic mass is 16.5. The van der Waals surface area contributed by atoms with E-state index in [0.29, 0.717) is 11.5 Å². The quantitative estimate of drug-likeness (QED) is 0.227. The summed E-state index contributed by atoms with van der Waals surface area (Å²) in [5.74, 6) is 3.84. The van der Waals surface area contributed by atoms with Crippen molar-refractivity contribution in [2.75, 3.05) is 27.4 Å². The summed E-state index contributed by atoms with van der Waals surface area (Å²) in [5.41, 5.74) is 2.47. The number of ether oxygens (including phenoxy) is 4. The molecule has 9 heteroatoms. The number of esters is 2. The molecule has 0 bridgehead atoms. The molecule has 3 aromatic rings. The Kier molecular flexibility index (Phi) is 16.4. The van der Waals surface area contributed by atoms with Gasteiger partial charge in [-0.3, -0.25) is 14.4 Å². The summed E-state index contributed by atoms with van der Waals surface area (Å²) in [7, 11) is 2.74. The average molecular weight is 603 g/mol. The lowest BCUT2D eigenvalue weighted by atomic mass is 10.0. The molecule has 0 aliphatic heterocycles. The predicted molar refractivity (Wildman–Crippen MR) is 167 cm³/mol. The molecule has 0 aliphatic rings. The van der Waals surface area contributed by atoms with Crippen LogP contribution in [0.4, 0.5) is 0 Å². The first-order chi connectivity index (χ1) is 21.0. The van der Waals surface area contributed by atoms with Gasteiger partial charge in [0.1, 0.15) is 30.5 Å². The second-order valence-corrected chi connectivity index (χ2v) is 9.26. The van der Waals surface area contributed by atoms with E-state index < -0.39 is 11.9 Å². The van der Waals surface area contributed by atoms with Gasteiger partial charge in [0.2, 0.25) is 0 Å². The molecule has 3 rings (SSSR count). The molecule has 3 aromatic carbocycles. The molecule has 0 radical (unpaired) electrons. The first kappa shape index (κ1) is 36.6. The fourth-order valence-corrected chi connectivity index (χ4v) is 3.49. The van der Waals surface area contributed by atoms with E-state index >= 15 is 0 Å². The third-order valence-corrected chi connectivity index (χ3v) is 6.28. The molecule has 0 fully saturated rings. The molecule has 0 amide bonds. The zero-order chi connectivity index (χ0) is 33.1. The van der Waals surface area contributed by atoms with Crippen LogP contribution in [-0.4, -0.2) is 55.6 Å². The zero-order valence-corrected chi connectivity index (χ0v) is 25.5. The van der Waals surface area contributed by atoms with Crippen LogP contribution in [0.3, 0.4) is 0 Å². The number of aromatic hydroxyl groups is 1. The molecular weight excluding hydrogens is 564 g/mol. The molecular formula is C35H38O9. The number of carbonyl (C=O) groups is 3. The normalized spacial score (nSPS) is 11.6. The maximum absolute atomic E-state index is 11.3. The zero-order valence-electron chi connectivity index (χ0n) is 25.5. The lowest BCUT2D eigenvalue weighted by Crippen LogP contribution is -2.10. The second-order valence-electron chi connectivity index (χ2n) is 9.26. The van der Waals surface area contributed by atoms with Gasteiger partial charge in [-0.15, -0.1) is 12.8 Å². The largest absolute Gasteiger partial charge is 0.508 e. The van der Waals surface area contributed by atoms with Gasteiger partial charge in [-0.2, -0.15) is 0 Å². The monoisotopic (exact) mass is 602 g/mol. The molecule has 0 aliphatic carbocycles. The molecule has 0 saturated carbocycles. The number of aliphatic carboxylic acids is 1. The first-order valence-electron chi connectivity index (χ1n) is 13.5.